The van der Waals surface area contributed by atoms with Crippen LogP contribution in [0.2, 0.25) is 0 Å². The zero-order chi connectivity index (χ0) is 22.7. The molecule has 0 saturated heterocycles. The Morgan fingerprint density at radius 2 is 0.867 bits per heavy atom. The van der Waals surface area contributed by atoms with Crippen LogP contribution in [0.1, 0.15) is 11.1 Å². The van der Waals surface area contributed by atoms with Crippen LogP contribution in [0, 0.1) is 0 Å². The predicted molar refractivity (Wildman–Crippen MR) is 95.2 cm³/mol. The first-order valence-corrected chi connectivity index (χ1v) is 8.04. The van der Waals surface area contributed by atoms with Gasteiger partial charge in [-0.25, -0.2) is 0 Å². The lowest BCUT2D eigenvalue weighted by Crippen LogP contribution is -2.20. The summed E-state index contributed by atoms with van der Waals surface area (Å²) in [6.07, 6.45) is -10.1. The first kappa shape index (κ1) is 22.7. The smallest absolute Gasteiger partial charge is 0.454 e. The lowest BCUT2D eigenvalue weighted by Gasteiger charge is -2.07. The first-order valence-electron chi connectivity index (χ1n) is 8.04. The third kappa shape index (κ3) is 5.72. The lowest BCUT2D eigenvalue weighted by molar-refractivity contribution is -0.165. The van der Waals surface area contributed by atoms with Crippen LogP contribution in [0.25, 0.3) is 22.6 Å². The molecule has 2 aromatic carbocycles. The van der Waals surface area contributed by atoms with Gasteiger partial charge in [-0.05, 0) is 11.1 Å². The molecule has 0 aliphatic carbocycles. The minimum atomic E-state index is -5.11. The van der Waals surface area contributed by atoms with Gasteiger partial charge in [0.25, 0.3) is 11.6 Å². The molecule has 0 heterocycles. The molecule has 0 amide bonds. The van der Waals surface area contributed by atoms with Crippen LogP contribution < -0.4 is 0 Å². The Morgan fingerprint density at radius 3 is 1.10 bits per heavy atom. The number of rotatable bonds is 5. The van der Waals surface area contributed by atoms with Crippen molar-refractivity contribution in [2.75, 3.05) is 0 Å². The maximum Gasteiger partial charge on any atom is 0.454 e. The quantitative estimate of drug-likeness (QED) is 0.378. The number of carbonyl (C=O) groups is 2. The summed E-state index contributed by atoms with van der Waals surface area (Å²) in [5, 5.41) is 19.3. The first-order chi connectivity index (χ1) is 13.8. The van der Waals surface area contributed by atoms with Crippen LogP contribution in [0.15, 0.2) is 60.7 Å². The third-order valence-electron chi connectivity index (χ3n) is 3.79. The summed E-state index contributed by atoms with van der Waals surface area (Å²) in [5.74, 6) is -6.17. The van der Waals surface area contributed by atoms with E-state index in [1.807, 2.05) is 0 Å². The molecule has 0 aliphatic heterocycles. The average molecular weight is 430 g/mol. The fraction of sp³-hybridized carbons (Fsp3) is 0.100. The van der Waals surface area contributed by atoms with Gasteiger partial charge in [0.2, 0.25) is 0 Å². The van der Waals surface area contributed by atoms with Crippen molar-refractivity contribution >= 4 is 23.1 Å². The zero-order valence-electron chi connectivity index (χ0n) is 14.8. The zero-order valence-corrected chi connectivity index (χ0v) is 14.8. The number of halogens is 6. The summed E-state index contributed by atoms with van der Waals surface area (Å²) in [5.41, 5.74) is 0.962. The van der Waals surface area contributed by atoms with Gasteiger partial charge in [-0.1, -0.05) is 48.5 Å². The van der Waals surface area contributed by atoms with Crippen molar-refractivity contribution in [3.8, 4) is 11.1 Å². The van der Waals surface area contributed by atoms with Gasteiger partial charge < -0.3 is 10.2 Å². The molecule has 0 aliphatic rings. The number of aliphatic hydroxyl groups is 2. The molecule has 2 rings (SSSR count). The molecule has 0 fully saturated rings. The van der Waals surface area contributed by atoms with Crippen molar-refractivity contribution in [1.29, 1.82) is 0 Å². The van der Waals surface area contributed by atoms with E-state index < -0.39 is 35.4 Å². The highest BCUT2D eigenvalue weighted by atomic mass is 19.4. The maximum atomic E-state index is 12.2. The molecule has 10 heteroatoms. The Balaban J connectivity index is 2.20. The standard InChI is InChI=1S/C20H12F6O4/c21-19(22,23)17(29)9-15(27)13-5-1-11(2-6-13)12-3-7-14(8-4-12)16(28)10-18(30)20(24,25)26/h1-10,27-28H/b15-9-,16-10-. The van der Waals surface area contributed by atoms with Crippen molar-refractivity contribution in [2.45, 2.75) is 12.4 Å². The largest absolute Gasteiger partial charge is 0.507 e. The van der Waals surface area contributed by atoms with E-state index in [-0.39, 0.29) is 23.3 Å². The van der Waals surface area contributed by atoms with Crippen molar-refractivity contribution in [3.05, 3.63) is 71.8 Å². The third-order valence-corrected chi connectivity index (χ3v) is 3.79. The maximum absolute atomic E-state index is 12.2. The molecule has 158 valence electrons. The van der Waals surface area contributed by atoms with Gasteiger partial charge in [-0.2, -0.15) is 26.3 Å². The van der Waals surface area contributed by atoms with Crippen LogP contribution in [0.4, 0.5) is 26.3 Å². The van der Waals surface area contributed by atoms with Gasteiger partial charge in [0.15, 0.2) is 0 Å². The Bertz CT molecular complexity index is 914. The minimum absolute atomic E-state index is 0.0424. The second kappa shape index (κ2) is 8.44. The highest BCUT2D eigenvalue weighted by molar-refractivity contribution is 5.99. The number of alkyl halides is 6. The Morgan fingerprint density at radius 1 is 0.600 bits per heavy atom. The number of ketones is 2. The van der Waals surface area contributed by atoms with E-state index in [1.54, 1.807) is 0 Å². The van der Waals surface area contributed by atoms with E-state index in [0.29, 0.717) is 11.1 Å². The fourth-order valence-corrected chi connectivity index (χ4v) is 2.25. The van der Waals surface area contributed by atoms with Crippen LogP contribution in [0.5, 0.6) is 0 Å². The Hall–Kier alpha value is -3.56. The van der Waals surface area contributed by atoms with Crippen molar-refractivity contribution in [3.63, 3.8) is 0 Å². The van der Waals surface area contributed by atoms with Crippen LogP contribution in [-0.2, 0) is 9.59 Å². The predicted octanol–water partition coefficient (Wildman–Crippen LogP) is 5.41. The van der Waals surface area contributed by atoms with E-state index in [2.05, 4.69) is 0 Å². The highest BCUT2D eigenvalue weighted by Crippen LogP contribution is 2.25. The summed E-state index contributed by atoms with van der Waals surface area (Å²) in [6, 6.07) is 10.8. The molecule has 0 atom stereocenters. The number of allylic oxidation sites excluding steroid dienone is 2. The summed E-state index contributed by atoms with van der Waals surface area (Å²) >= 11 is 0. The second-order valence-electron chi connectivity index (χ2n) is 5.94. The van der Waals surface area contributed by atoms with Gasteiger partial charge in [0, 0.05) is 23.3 Å². The molecule has 0 bridgehead atoms. The van der Waals surface area contributed by atoms with E-state index in [0.717, 1.165) is 0 Å². The fourth-order valence-electron chi connectivity index (χ4n) is 2.25. The SMILES string of the molecule is O=C(/C=C(\O)c1ccc(-c2ccc(/C(O)=C/C(=O)C(F)(F)F)cc2)cc1)C(F)(F)F. The number of aliphatic hydroxyl groups excluding tert-OH is 2. The van der Waals surface area contributed by atoms with Crippen molar-refractivity contribution < 1.29 is 46.1 Å². The summed E-state index contributed by atoms with van der Waals surface area (Å²) < 4.78 is 73.4. The monoisotopic (exact) mass is 430 g/mol. The lowest BCUT2D eigenvalue weighted by atomic mass is 10.0. The average Bonchev–Trinajstić information content (AvgIpc) is 2.66. The Labute approximate surface area is 165 Å². The number of carbonyl (C=O) groups excluding carboxylic acids is 2. The molecule has 0 saturated carbocycles. The Kier molecular flexibility index (Phi) is 6.39. The molecule has 2 N–H and O–H groups in total. The van der Waals surface area contributed by atoms with Gasteiger partial charge in [-0.15, -0.1) is 0 Å². The van der Waals surface area contributed by atoms with Gasteiger partial charge in [0.05, 0.1) is 0 Å². The van der Waals surface area contributed by atoms with Gasteiger partial charge in [0.1, 0.15) is 11.5 Å². The topological polar surface area (TPSA) is 74.6 Å². The molecular formula is C20H12F6O4. The number of benzene rings is 2. The van der Waals surface area contributed by atoms with Gasteiger partial charge in [-0.3, -0.25) is 9.59 Å². The molecule has 0 aromatic heterocycles. The van der Waals surface area contributed by atoms with Crippen LogP contribution in [-0.4, -0.2) is 34.1 Å². The molecule has 30 heavy (non-hydrogen) atoms. The van der Waals surface area contributed by atoms with Crippen LogP contribution in [0.3, 0.4) is 0 Å². The van der Waals surface area contributed by atoms with Crippen molar-refractivity contribution in [2.24, 2.45) is 0 Å². The second-order valence-corrected chi connectivity index (χ2v) is 5.94. The normalized spacial score (nSPS) is 13.3. The summed E-state index contributed by atoms with van der Waals surface area (Å²) in [6.45, 7) is 0. The number of hydrogen-bond acceptors (Lipinski definition) is 4. The molecule has 0 radical (unpaired) electrons. The molecule has 4 nitrogen and oxygen atoms in total. The van der Waals surface area contributed by atoms with Crippen molar-refractivity contribution in [1.82, 2.24) is 0 Å². The molecular weight excluding hydrogens is 418 g/mol. The van der Waals surface area contributed by atoms with E-state index in [4.69, 9.17) is 0 Å². The van der Waals surface area contributed by atoms with E-state index >= 15 is 0 Å². The molecule has 0 unspecified atom stereocenters. The minimum Gasteiger partial charge on any atom is -0.507 e. The van der Waals surface area contributed by atoms with E-state index in [9.17, 15) is 46.1 Å². The number of hydrogen-bond donors (Lipinski definition) is 2. The summed E-state index contributed by atoms with van der Waals surface area (Å²) in [4.78, 5) is 21.8. The highest BCUT2D eigenvalue weighted by Gasteiger charge is 2.37. The van der Waals surface area contributed by atoms with Crippen LogP contribution >= 0.6 is 0 Å². The van der Waals surface area contributed by atoms with Gasteiger partial charge >= 0.3 is 12.4 Å². The summed E-state index contributed by atoms with van der Waals surface area (Å²) in [7, 11) is 0. The molecule has 0 spiro atoms. The van der Waals surface area contributed by atoms with E-state index in [1.165, 1.54) is 48.5 Å². The molecule has 2 aromatic rings.